The number of hydrogen-bond acceptors (Lipinski definition) is 1. The first kappa shape index (κ1) is 20.5. The Bertz CT molecular complexity index is 420. The monoisotopic (exact) mass is 320 g/mol. The predicted molar refractivity (Wildman–Crippen MR) is 102 cm³/mol. The van der Waals surface area contributed by atoms with E-state index in [4.69, 9.17) is 5.11 Å². The van der Waals surface area contributed by atoms with Crippen LogP contribution >= 0.6 is 0 Å². The molecule has 0 aromatic carbocycles. The Kier molecular flexibility index (Phi) is 8.07. The number of allylic oxidation sites excluding steroid dienone is 3. The van der Waals surface area contributed by atoms with E-state index in [2.05, 4.69) is 40.7 Å². The fourth-order valence-electron chi connectivity index (χ4n) is 5.72. The molecule has 2 fully saturated rings. The summed E-state index contributed by atoms with van der Waals surface area (Å²) in [6, 6.07) is 0. The molecule has 0 aliphatic heterocycles. The zero-order valence-corrected chi connectivity index (χ0v) is 16.7. The molecule has 0 aromatic rings. The Labute approximate surface area is 145 Å². The zero-order valence-electron chi connectivity index (χ0n) is 16.7. The Hall–Kier alpha value is -0.560. The minimum absolute atomic E-state index is 0.146. The fraction of sp³-hybridized carbons (Fsp3) is 0.818. The highest BCUT2D eigenvalue weighted by Gasteiger charge is 2.50. The summed E-state index contributed by atoms with van der Waals surface area (Å²) in [7, 11) is 0. The second-order valence-corrected chi connectivity index (χ2v) is 8.03. The van der Waals surface area contributed by atoms with Crippen molar-refractivity contribution in [1.29, 1.82) is 0 Å². The third kappa shape index (κ3) is 4.50. The van der Waals surface area contributed by atoms with Gasteiger partial charge in [-0.25, -0.2) is 0 Å². The lowest BCUT2D eigenvalue weighted by Gasteiger charge is -2.56. The van der Waals surface area contributed by atoms with Crippen molar-refractivity contribution in [2.45, 2.75) is 80.6 Å². The lowest BCUT2D eigenvalue weighted by Crippen LogP contribution is -2.48. The first-order valence-electron chi connectivity index (χ1n) is 9.86. The highest BCUT2D eigenvalue weighted by atomic mass is 16.2. The highest BCUT2D eigenvalue weighted by Crippen LogP contribution is 2.58. The molecule has 2 aliphatic carbocycles. The second-order valence-electron chi connectivity index (χ2n) is 8.03. The summed E-state index contributed by atoms with van der Waals surface area (Å²) < 4.78 is 0. The maximum atomic E-state index is 9.08. The van der Waals surface area contributed by atoms with Crippen molar-refractivity contribution in [3.05, 3.63) is 23.3 Å². The summed E-state index contributed by atoms with van der Waals surface area (Å²) in [4.78, 5) is 0. The second kappa shape index (κ2) is 9.06. The van der Waals surface area contributed by atoms with Gasteiger partial charge < -0.3 is 5.11 Å². The van der Waals surface area contributed by atoms with E-state index >= 15 is 0 Å². The van der Waals surface area contributed by atoms with Crippen molar-refractivity contribution in [1.82, 2.24) is 0 Å². The van der Waals surface area contributed by atoms with E-state index in [-0.39, 0.29) is 6.61 Å². The molecule has 0 saturated heterocycles. The summed E-state index contributed by atoms with van der Waals surface area (Å²) in [5, 5.41) is 9.08. The van der Waals surface area contributed by atoms with Gasteiger partial charge in [0.1, 0.15) is 0 Å². The van der Waals surface area contributed by atoms with Gasteiger partial charge >= 0.3 is 0 Å². The van der Waals surface area contributed by atoms with Crippen molar-refractivity contribution < 1.29 is 5.11 Å². The van der Waals surface area contributed by atoms with Crippen LogP contribution in [0.4, 0.5) is 0 Å². The molecule has 2 rings (SSSR count). The first-order chi connectivity index (χ1) is 10.9. The van der Waals surface area contributed by atoms with Crippen molar-refractivity contribution >= 4 is 0 Å². The number of hydrogen-bond donors (Lipinski definition) is 1. The first-order valence-corrected chi connectivity index (χ1v) is 9.86. The van der Waals surface area contributed by atoms with Gasteiger partial charge in [-0.3, -0.25) is 0 Å². The lowest BCUT2D eigenvalue weighted by atomic mass is 9.49. The fourth-order valence-corrected chi connectivity index (χ4v) is 5.72. The minimum Gasteiger partial charge on any atom is -0.392 e. The Balaban J connectivity index is 0.00000127. The van der Waals surface area contributed by atoms with E-state index in [1.54, 1.807) is 0 Å². The molecule has 5 atom stereocenters. The van der Waals surface area contributed by atoms with Gasteiger partial charge in [0.05, 0.1) is 6.61 Å². The van der Waals surface area contributed by atoms with E-state index in [1.807, 2.05) is 19.9 Å². The Morgan fingerprint density at radius 2 is 1.74 bits per heavy atom. The van der Waals surface area contributed by atoms with E-state index in [1.165, 1.54) is 43.3 Å². The molecule has 0 bridgehead atoms. The SMILES string of the molecule is CC.CC(=C\CO)/C=C(\C)C1C(C)CCC2[C@H](C)CCCC12C. The summed E-state index contributed by atoms with van der Waals surface area (Å²) in [6.45, 7) is 16.1. The molecule has 23 heavy (non-hydrogen) atoms. The van der Waals surface area contributed by atoms with Crippen LogP contribution < -0.4 is 0 Å². The number of aliphatic hydroxyl groups is 1. The van der Waals surface area contributed by atoms with Crippen molar-refractivity contribution in [3.8, 4) is 0 Å². The predicted octanol–water partition coefficient (Wildman–Crippen LogP) is 6.39. The van der Waals surface area contributed by atoms with Crippen LogP contribution in [0.3, 0.4) is 0 Å². The number of rotatable bonds is 3. The van der Waals surface area contributed by atoms with Crippen LogP contribution in [0.1, 0.15) is 80.6 Å². The topological polar surface area (TPSA) is 20.2 Å². The standard InChI is InChI=1S/C20H34O.C2H6/c1-14(10-12-21)13-17(4)19-16(3)8-9-18-15(2)7-6-11-20(18,19)5;1-2/h10,13,15-16,18-19,21H,6-9,11-12H2,1-5H3;1-2H3/b14-10+,17-13+;/t15-,16?,18?,19?,20?;/m1./s1. The quantitative estimate of drug-likeness (QED) is 0.598. The van der Waals surface area contributed by atoms with Crippen LogP contribution in [0.2, 0.25) is 0 Å². The van der Waals surface area contributed by atoms with Crippen molar-refractivity contribution in [2.75, 3.05) is 6.61 Å². The van der Waals surface area contributed by atoms with E-state index in [9.17, 15) is 0 Å². The lowest BCUT2D eigenvalue weighted by molar-refractivity contribution is -0.0401. The average molecular weight is 321 g/mol. The smallest absolute Gasteiger partial charge is 0.0617 e. The molecule has 2 aliphatic rings. The zero-order chi connectivity index (χ0) is 17.6. The van der Waals surface area contributed by atoms with Crippen molar-refractivity contribution in [3.63, 3.8) is 0 Å². The molecule has 0 aromatic heterocycles. The maximum absolute atomic E-state index is 9.08. The summed E-state index contributed by atoms with van der Waals surface area (Å²) in [5.74, 6) is 3.29. The van der Waals surface area contributed by atoms with Crippen LogP contribution in [0, 0.1) is 29.1 Å². The van der Waals surface area contributed by atoms with E-state index < -0.39 is 0 Å². The third-order valence-corrected chi connectivity index (χ3v) is 6.48. The molecule has 0 spiro atoms. The highest BCUT2D eigenvalue weighted by molar-refractivity contribution is 5.25. The van der Waals surface area contributed by atoms with Gasteiger partial charge in [0.2, 0.25) is 0 Å². The van der Waals surface area contributed by atoms with Gasteiger partial charge in [-0.1, -0.05) is 70.8 Å². The Morgan fingerprint density at radius 1 is 1.09 bits per heavy atom. The Morgan fingerprint density at radius 3 is 2.35 bits per heavy atom. The van der Waals surface area contributed by atoms with Crippen LogP contribution in [0.15, 0.2) is 23.3 Å². The molecule has 134 valence electrons. The largest absolute Gasteiger partial charge is 0.392 e. The summed E-state index contributed by atoms with van der Waals surface area (Å²) in [6.07, 6.45) is 11.3. The maximum Gasteiger partial charge on any atom is 0.0617 e. The minimum atomic E-state index is 0.146. The molecular weight excluding hydrogens is 280 g/mol. The van der Waals surface area contributed by atoms with Gasteiger partial charge in [-0.15, -0.1) is 0 Å². The average Bonchev–Trinajstić information content (AvgIpc) is 2.48. The molecular formula is C22H40O. The molecule has 0 radical (unpaired) electrons. The molecule has 1 heteroatoms. The molecule has 0 heterocycles. The van der Waals surface area contributed by atoms with Gasteiger partial charge in [0.25, 0.3) is 0 Å². The number of aliphatic hydroxyl groups excluding tert-OH is 1. The van der Waals surface area contributed by atoms with Crippen LogP contribution in [-0.2, 0) is 0 Å². The third-order valence-electron chi connectivity index (χ3n) is 6.48. The molecule has 1 N–H and O–H groups in total. The van der Waals surface area contributed by atoms with E-state index in [0.717, 1.165) is 17.8 Å². The van der Waals surface area contributed by atoms with Gasteiger partial charge in [0.15, 0.2) is 0 Å². The van der Waals surface area contributed by atoms with Gasteiger partial charge in [-0.05, 0) is 62.2 Å². The van der Waals surface area contributed by atoms with Crippen LogP contribution in [0.25, 0.3) is 0 Å². The molecule has 1 nitrogen and oxygen atoms in total. The number of fused-ring (bicyclic) bond motifs is 1. The molecule has 2 saturated carbocycles. The van der Waals surface area contributed by atoms with Gasteiger partial charge in [-0.2, -0.15) is 0 Å². The van der Waals surface area contributed by atoms with Crippen LogP contribution in [-0.4, -0.2) is 11.7 Å². The van der Waals surface area contributed by atoms with Crippen LogP contribution in [0.5, 0.6) is 0 Å². The van der Waals surface area contributed by atoms with Gasteiger partial charge in [0, 0.05) is 0 Å². The summed E-state index contributed by atoms with van der Waals surface area (Å²) in [5.41, 5.74) is 3.22. The molecule has 4 unspecified atom stereocenters. The molecule has 0 amide bonds. The summed E-state index contributed by atoms with van der Waals surface area (Å²) >= 11 is 0. The normalized spacial score (nSPS) is 38.4. The van der Waals surface area contributed by atoms with Crippen molar-refractivity contribution in [2.24, 2.45) is 29.1 Å². The van der Waals surface area contributed by atoms with E-state index in [0.29, 0.717) is 11.3 Å².